The van der Waals surface area contributed by atoms with Crippen molar-refractivity contribution < 1.29 is 11.0 Å². The van der Waals surface area contributed by atoms with E-state index in [-0.39, 0.29) is 0 Å². The van der Waals surface area contributed by atoms with Gasteiger partial charge in [-0.2, -0.15) is 0 Å². The molecule has 0 nitrogen and oxygen atoms in total. The first-order valence-corrected chi connectivity index (χ1v) is 4.25. The molecule has 0 heterocycles. The van der Waals surface area contributed by atoms with Gasteiger partial charge in [0.25, 0.3) is 0 Å². The average Bonchev–Trinajstić information content (AvgIpc) is 2.12. The minimum absolute atomic E-state index is 1.17. The van der Waals surface area contributed by atoms with Gasteiger partial charge >= 0.3 is 0 Å². The fourth-order valence-electron chi connectivity index (χ4n) is 0.438. The second-order valence-corrected chi connectivity index (χ2v) is 5.00. The molecule has 0 bridgehead atoms. The van der Waals surface area contributed by atoms with Crippen LogP contribution in [0.5, 0.6) is 0 Å². The summed E-state index contributed by atoms with van der Waals surface area (Å²) in [5.74, 6) is 0. The maximum absolute atomic E-state index is 8.01. The van der Waals surface area contributed by atoms with Crippen LogP contribution in [0.1, 0.15) is 78.0 Å². The molecule has 0 rings (SSSR count). The van der Waals surface area contributed by atoms with Gasteiger partial charge in [0.1, 0.15) is 0 Å². The van der Waals surface area contributed by atoms with Gasteiger partial charge in [-0.25, -0.2) is 0 Å². The molecule has 0 aliphatic heterocycles. The van der Waals surface area contributed by atoms with Crippen LogP contribution in [0.3, 0.4) is 0 Å². The van der Waals surface area contributed by atoms with E-state index >= 15 is 0 Å². The molecular weight excluding hydrogens is 144 g/mol. The van der Waals surface area contributed by atoms with Gasteiger partial charge in [0, 0.05) is 11.0 Å². The third-order valence-electron chi connectivity index (χ3n) is 0.938. The smallest absolute Gasteiger partial charge is 0.0272 e. The SMILES string of the molecule is [3H]C([3H])(C(C)(C)C)C([3H])([3H])C([3H])([3H])C([3H])([3H])C(C)(C)C. The summed E-state index contributed by atoms with van der Waals surface area (Å²) in [6.07, 6.45) is -11.1. The highest BCUT2D eigenvalue weighted by Gasteiger charge is 2.12. The van der Waals surface area contributed by atoms with Crippen LogP contribution in [-0.4, -0.2) is 0 Å². The Morgan fingerprint density at radius 1 is 0.750 bits per heavy atom. The molecule has 0 N–H and O–H groups in total. The Labute approximate surface area is 90.0 Å². The van der Waals surface area contributed by atoms with E-state index in [2.05, 4.69) is 0 Å². The second-order valence-electron chi connectivity index (χ2n) is 5.00. The summed E-state index contributed by atoms with van der Waals surface area (Å²) in [5, 5.41) is 0. The molecule has 0 aromatic heterocycles. The summed E-state index contributed by atoms with van der Waals surface area (Å²) in [7, 11) is 0. The monoisotopic (exact) mass is 186 g/mol. The molecular formula is C12H26. The number of rotatable bonds is 3. The fourth-order valence-corrected chi connectivity index (χ4v) is 0.438. The van der Waals surface area contributed by atoms with Gasteiger partial charge in [-0.15, -0.1) is 0 Å². The van der Waals surface area contributed by atoms with Crippen molar-refractivity contribution in [2.75, 3.05) is 0 Å². The molecule has 0 amide bonds. The van der Waals surface area contributed by atoms with Crippen LogP contribution in [0.25, 0.3) is 0 Å². The summed E-state index contributed by atoms with van der Waals surface area (Å²) >= 11 is 0. The third kappa shape index (κ3) is 10.0. The van der Waals surface area contributed by atoms with E-state index < -0.39 is 36.3 Å². The van der Waals surface area contributed by atoms with Gasteiger partial charge in [0.15, 0.2) is 0 Å². The lowest BCUT2D eigenvalue weighted by molar-refractivity contribution is 0.318. The van der Waals surface area contributed by atoms with Gasteiger partial charge in [0.05, 0.1) is 0 Å². The van der Waals surface area contributed by atoms with E-state index in [1.807, 2.05) is 0 Å². The molecule has 0 aromatic rings. The standard InChI is InChI=1S/C12H26/c1-11(2,3)9-7-8-10-12(4,5)6/h7-10H2,1-6H3/i7T2,8T2,9T2,10T2. The molecule has 0 saturated heterocycles. The molecule has 0 fully saturated rings. The highest BCUT2D eigenvalue weighted by Crippen LogP contribution is 2.26. The molecule has 0 aliphatic carbocycles. The molecule has 0 saturated carbocycles. The summed E-state index contributed by atoms with van der Waals surface area (Å²) in [6.45, 7) is 8.88. The normalized spacial score (nSPS) is 28.2. The van der Waals surface area contributed by atoms with E-state index in [0.29, 0.717) is 0 Å². The van der Waals surface area contributed by atoms with Crippen LogP contribution in [0, 0.1) is 10.8 Å². The van der Waals surface area contributed by atoms with Crippen LogP contribution >= 0.6 is 0 Å². The number of hydrogen-bond acceptors (Lipinski definition) is 0. The zero-order valence-corrected chi connectivity index (χ0v) is 9.00. The van der Waals surface area contributed by atoms with Crippen LogP contribution in [0.2, 0.25) is 0 Å². The Bertz CT molecular complexity index is 321. The van der Waals surface area contributed by atoms with Gasteiger partial charge in [-0.05, 0) is 23.6 Å². The zero-order chi connectivity index (χ0) is 17.0. The van der Waals surface area contributed by atoms with E-state index in [1.54, 1.807) is 0 Å². The van der Waals surface area contributed by atoms with Crippen molar-refractivity contribution in [3.63, 3.8) is 0 Å². The second kappa shape index (κ2) is 4.30. The maximum atomic E-state index is 8.01. The molecule has 0 unspecified atom stereocenters. The molecule has 0 spiro atoms. The van der Waals surface area contributed by atoms with E-state index in [1.165, 1.54) is 41.5 Å². The summed E-state index contributed by atoms with van der Waals surface area (Å²) in [5.41, 5.74) is -2.34. The predicted octanol–water partition coefficient (Wildman–Crippen LogP) is 4.64. The molecule has 0 heteroatoms. The third-order valence-corrected chi connectivity index (χ3v) is 0.938. The van der Waals surface area contributed by atoms with Crippen molar-refractivity contribution in [1.82, 2.24) is 0 Å². The highest BCUT2D eigenvalue weighted by molar-refractivity contribution is 4.64. The first-order valence-electron chi connectivity index (χ1n) is 8.25. The quantitative estimate of drug-likeness (QED) is 0.602. The van der Waals surface area contributed by atoms with Gasteiger partial charge in [0.2, 0.25) is 0 Å². The first-order chi connectivity index (χ1) is 8.25. The largest absolute Gasteiger partial charge is 0.0602 e. The molecule has 0 aliphatic rings. The lowest BCUT2D eigenvalue weighted by Gasteiger charge is -2.21. The van der Waals surface area contributed by atoms with E-state index in [9.17, 15) is 0 Å². The van der Waals surface area contributed by atoms with Crippen molar-refractivity contribution in [3.05, 3.63) is 0 Å². The van der Waals surface area contributed by atoms with Crippen LogP contribution < -0.4 is 0 Å². The Morgan fingerprint density at radius 2 is 1.00 bits per heavy atom. The first kappa shape index (κ1) is 4.02. The Balaban J connectivity index is 6.08. The topological polar surface area (TPSA) is 0 Å². The highest BCUT2D eigenvalue weighted by atomic mass is 14.2. The van der Waals surface area contributed by atoms with E-state index in [0.717, 1.165) is 0 Å². The van der Waals surface area contributed by atoms with Gasteiger partial charge < -0.3 is 0 Å². The summed E-state index contributed by atoms with van der Waals surface area (Å²) in [4.78, 5) is 0. The lowest BCUT2D eigenvalue weighted by Crippen LogP contribution is -2.07. The van der Waals surface area contributed by atoms with Crippen molar-refractivity contribution >= 4 is 0 Å². The molecule has 74 valence electrons. The Hall–Kier alpha value is 0. The number of hydrogen-bond donors (Lipinski definition) is 0. The minimum Gasteiger partial charge on any atom is -0.0602 e. The van der Waals surface area contributed by atoms with Crippen molar-refractivity contribution in [1.29, 1.82) is 0 Å². The lowest BCUT2D eigenvalue weighted by atomic mass is 9.85. The molecule has 0 radical (unpaired) electrons. The Morgan fingerprint density at radius 3 is 1.17 bits per heavy atom. The predicted molar refractivity (Wildman–Crippen MR) is 57.4 cm³/mol. The maximum Gasteiger partial charge on any atom is 0.0272 e. The van der Waals surface area contributed by atoms with Crippen molar-refractivity contribution in [3.8, 4) is 0 Å². The van der Waals surface area contributed by atoms with Crippen LogP contribution in [-0.2, 0) is 0 Å². The van der Waals surface area contributed by atoms with Crippen LogP contribution in [0.15, 0.2) is 0 Å². The molecule has 12 heavy (non-hydrogen) atoms. The summed E-state index contributed by atoms with van der Waals surface area (Å²) in [6, 6.07) is 0. The summed E-state index contributed by atoms with van der Waals surface area (Å²) < 4.78 is 64.0. The van der Waals surface area contributed by atoms with Crippen molar-refractivity contribution in [2.24, 2.45) is 10.8 Å². The Kier molecular flexibility index (Phi) is 1.44. The fraction of sp³-hybridized carbons (Fsp3) is 1.00. The minimum atomic E-state index is -2.99. The van der Waals surface area contributed by atoms with E-state index in [4.69, 9.17) is 11.0 Å². The van der Waals surface area contributed by atoms with Gasteiger partial charge in [-0.1, -0.05) is 54.3 Å². The van der Waals surface area contributed by atoms with Gasteiger partial charge in [-0.3, -0.25) is 0 Å². The molecule has 0 atom stereocenters. The van der Waals surface area contributed by atoms with Crippen LogP contribution in [0.4, 0.5) is 0 Å². The van der Waals surface area contributed by atoms with Crippen molar-refractivity contribution in [2.45, 2.75) is 67.0 Å². The average molecular weight is 186 g/mol. The molecule has 0 aromatic carbocycles. The zero-order valence-electron chi connectivity index (χ0n) is 17.0.